The standard InChI is InChI=1S/C13H19NO5S/c1-13(2,20(3,16)17)7-14-6-9-4-11-12(5-10(9)15)19-8-18-11/h4-5,14-15H,6-8H2,1-3H3. The third-order valence-electron chi connectivity index (χ3n) is 3.44. The maximum Gasteiger partial charge on any atom is 0.231 e. The zero-order valence-corrected chi connectivity index (χ0v) is 12.6. The number of phenols is 1. The molecular weight excluding hydrogens is 282 g/mol. The Labute approximate surface area is 118 Å². The first kappa shape index (κ1) is 14.9. The van der Waals surface area contributed by atoms with Gasteiger partial charge in [0, 0.05) is 31.0 Å². The van der Waals surface area contributed by atoms with Gasteiger partial charge in [-0.25, -0.2) is 8.42 Å². The van der Waals surface area contributed by atoms with E-state index in [9.17, 15) is 13.5 Å². The number of hydrogen-bond acceptors (Lipinski definition) is 6. The summed E-state index contributed by atoms with van der Waals surface area (Å²) < 4.78 is 32.7. The molecule has 20 heavy (non-hydrogen) atoms. The van der Waals surface area contributed by atoms with Crippen molar-refractivity contribution >= 4 is 9.84 Å². The highest BCUT2D eigenvalue weighted by Crippen LogP contribution is 2.37. The number of nitrogens with one attached hydrogen (secondary N) is 1. The molecule has 1 aromatic carbocycles. The molecule has 0 amide bonds. The molecule has 1 aliphatic heterocycles. The molecule has 7 heteroatoms. The molecule has 0 atom stereocenters. The molecule has 0 spiro atoms. The van der Waals surface area contributed by atoms with Crippen molar-refractivity contribution in [3.63, 3.8) is 0 Å². The molecule has 2 N–H and O–H groups in total. The zero-order chi connectivity index (χ0) is 15.0. The minimum absolute atomic E-state index is 0.0962. The van der Waals surface area contributed by atoms with E-state index >= 15 is 0 Å². The van der Waals surface area contributed by atoms with Gasteiger partial charge in [0.1, 0.15) is 5.75 Å². The Balaban J connectivity index is 2.02. The van der Waals surface area contributed by atoms with Crippen molar-refractivity contribution in [2.45, 2.75) is 25.1 Å². The van der Waals surface area contributed by atoms with Gasteiger partial charge in [-0.15, -0.1) is 0 Å². The van der Waals surface area contributed by atoms with E-state index in [-0.39, 0.29) is 12.5 Å². The normalized spacial score (nSPS) is 14.6. The Hall–Kier alpha value is -1.47. The van der Waals surface area contributed by atoms with Gasteiger partial charge in [-0.05, 0) is 19.9 Å². The number of benzene rings is 1. The predicted molar refractivity (Wildman–Crippen MR) is 74.9 cm³/mol. The van der Waals surface area contributed by atoms with Crippen LogP contribution >= 0.6 is 0 Å². The first-order valence-corrected chi connectivity index (χ1v) is 8.12. The molecule has 1 heterocycles. The smallest absolute Gasteiger partial charge is 0.231 e. The lowest BCUT2D eigenvalue weighted by Gasteiger charge is -2.23. The molecule has 1 aliphatic rings. The van der Waals surface area contributed by atoms with Gasteiger partial charge in [0.05, 0.1) is 4.75 Å². The number of rotatable bonds is 5. The van der Waals surface area contributed by atoms with E-state index in [2.05, 4.69) is 5.32 Å². The third kappa shape index (κ3) is 2.99. The van der Waals surface area contributed by atoms with E-state index in [0.29, 0.717) is 30.2 Å². The second kappa shape index (κ2) is 5.14. The van der Waals surface area contributed by atoms with Crippen LogP contribution in [0.2, 0.25) is 0 Å². The summed E-state index contributed by atoms with van der Waals surface area (Å²) in [6.45, 7) is 4.11. The van der Waals surface area contributed by atoms with E-state index in [1.807, 2.05) is 0 Å². The molecule has 0 aromatic heterocycles. The molecule has 6 nitrogen and oxygen atoms in total. The largest absolute Gasteiger partial charge is 0.507 e. The van der Waals surface area contributed by atoms with Gasteiger partial charge in [-0.3, -0.25) is 0 Å². The summed E-state index contributed by atoms with van der Waals surface area (Å²) in [6, 6.07) is 3.19. The van der Waals surface area contributed by atoms with Crippen LogP contribution in [0.3, 0.4) is 0 Å². The van der Waals surface area contributed by atoms with Crippen LogP contribution in [0.5, 0.6) is 17.2 Å². The van der Waals surface area contributed by atoms with E-state index in [0.717, 1.165) is 0 Å². The van der Waals surface area contributed by atoms with Crippen LogP contribution in [0.1, 0.15) is 19.4 Å². The molecule has 112 valence electrons. The van der Waals surface area contributed by atoms with Gasteiger partial charge in [-0.1, -0.05) is 0 Å². The maximum absolute atomic E-state index is 11.6. The Kier molecular flexibility index (Phi) is 3.84. The minimum Gasteiger partial charge on any atom is -0.507 e. The predicted octanol–water partition coefficient (Wildman–Crippen LogP) is 1.03. The molecule has 2 rings (SSSR count). The van der Waals surface area contributed by atoms with Crippen molar-refractivity contribution in [1.82, 2.24) is 5.32 Å². The highest BCUT2D eigenvalue weighted by atomic mass is 32.2. The van der Waals surface area contributed by atoms with Gasteiger partial charge in [0.25, 0.3) is 0 Å². The lowest BCUT2D eigenvalue weighted by molar-refractivity contribution is 0.174. The molecule has 0 aliphatic carbocycles. The number of hydrogen-bond donors (Lipinski definition) is 2. The number of sulfone groups is 1. The van der Waals surface area contributed by atoms with Gasteiger partial charge < -0.3 is 19.9 Å². The summed E-state index contributed by atoms with van der Waals surface area (Å²) in [4.78, 5) is 0. The van der Waals surface area contributed by atoms with E-state index in [4.69, 9.17) is 9.47 Å². The fraction of sp³-hybridized carbons (Fsp3) is 0.538. The second-order valence-corrected chi connectivity index (χ2v) is 8.12. The third-order valence-corrected chi connectivity index (χ3v) is 5.60. The van der Waals surface area contributed by atoms with Gasteiger partial charge in [-0.2, -0.15) is 0 Å². The molecule has 1 aromatic rings. The quantitative estimate of drug-likeness (QED) is 0.845. The summed E-state index contributed by atoms with van der Waals surface area (Å²) in [5, 5.41) is 12.9. The summed E-state index contributed by atoms with van der Waals surface area (Å²) in [5.74, 6) is 1.20. The maximum atomic E-state index is 11.6. The number of aromatic hydroxyl groups is 1. The molecule has 0 saturated carbocycles. The first-order valence-electron chi connectivity index (χ1n) is 6.22. The fourth-order valence-electron chi connectivity index (χ4n) is 1.74. The van der Waals surface area contributed by atoms with Gasteiger partial charge >= 0.3 is 0 Å². The summed E-state index contributed by atoms with van der Waals surface area (Å²) in [6.07, 6.45) is 1.22. The minimum atomic E-state index is -3.15. The molecule has 0 fully saturated rings. The van der Waals surface area contributed by atoms with E-state index in [1.54, 1.807) is 19.9 Å². The Morgan fingerprint density at radius 2 is 1.90 bits per heavy atom. The average molecular weight is 301 g/mol. The van der Waals surface area contributed by atoms with Gasteiger partial charge in [0.15, 0.2) is 21.3 Å². The summed E-state index contributed by atoms with van der Waals surface area (Å²) >= 11 is 0. The van der Waals surface area contributed by atoms with Crippen LogP contribution in [-0.2, 0) is 16.4 Å². The highest BCUT2D eigenvalue weighted by Gasteiger charge is 2.29. The van der Waals surface area contributed by atoms with Crippen molar-refractivity contribution in [1.29, 1.82) is 0 Å². The first-order chi connectivity index (χ1) is 9.21. The lowest BCUT2D eigenvalue weighted by Crippen LogP contribution is -2.41. The van der Waals surface area contributed by atoms with Crippen LogP contribution in [0.15, 0.2) is 12.1 Å². The Morgan fingerprint density at radius 3 is 2.50 bits per heavy atom. The van der Waals surface area contributed by atoms with Crippen LogP contribution in [0.25, 0.3) is 0 Å². The second-order valence-electron chi connectivity index (χ2n) is 5.47. The Bertz CT molecular complexity index is 609. The highest BCUT2D eigenvalue weighted by molar-refractivity contribution is 7.92. The van der Waals surface area contributed by atoms with E-state index in [1.165, 1.54) is 12.3 Å². The van der Waals surface area contributed by atoms with Crippen LogP contribution in [0, 0.1) is 0 Å². The van der Waals surface area contributed by atoms with Crippen molar-refractivity contribution < 1.29 is 23.0 Å². The van der Waals surface area contributed by atoms with Crippen molar-refractivity contribution in [2.24, 2.45) is 0 Å². The van der Waals surface area contributed by atoms with Gasteiger partial charge in [0.2, 0.25) is 6.79 Å². The lowest BCUT2D eigenvalue weighted by atomic mass is 10.1. The molecule has 0 radical (unpaired) electrons. The molecule has 0 unspecified atom stereocenters. The summed E-state index contributed by atoms with van der Waals surface area (Å²) in [5.41, 5.74) is 0.638. The fourth-order valence-corrected chi connectivity index (χ4v) is 2.11. The Morgan fingerprint density at radius 1 is 1.30 bits per heavy atom. The summed E-state index contributed by atoms with van der Waals surface area (Å²) in [7, 11) is -3.15. The molecule has 0 bridgehead atoms. The monoisotopic (exact) mass is 301 g/mol. The molecular formula is C13H19NO5S. The number of phenolic OH excluding ortho intramolecular Hbond substituents is 1. The van der Waals surface area contributed by atoms with Crippen LogP contribution in [0.4, 0.5) is 0 Å². The zero-order valence-electron chi connectivity index (χ0n) is 11.8. The van der Waals surface area contributed by atoms with Crippen molar-refractivity contribution in [3.8, 4) is 17.2 Å². The topological polar surface area (TPSA) is 84.9 Å². The van der Waals surface area contributed by atoms with Crippen molar-refractivity contribution in [3.05, 3.63) is 17.7 Å². The van der Waals surface area contributed by atoms with E-state index < -0.39 is 14.6 Å². The average Bonchev–Trinajstić information content (AvgIpc) is 2.74. The van der Waals surface area contributed by atoms with Crippen molar-refractivity contribution in [2.75, 3.05) is 19.6 Å². The number of ether oxygens (including phenoxy) is 2. The molecule has 0 saturated heterocycles. The van der Waals surface area contributed by atoms with Crippen LogP contribution in [-0.4, -0.2) is 37.9 Å². The number of fused-ring (bicyclic) bond motifs is 1. The SMILES string of the molecule is CC(C)(CNCc1cc2c(cc1O)OCO2)S(C)(=O)=O. The van der Waals surface area contributed by atoms with Crippen LogP contribution < -0.4 is 14.8 Å².